The van der Waals surface area contributed by atoms with Crippen LogP contribution in [0.1, 0.15) is 33.3 Å². The number of nitrogens with zero attached hydrogens (tertiary/aromatic N) is 1. The third kappa shape index (κ3) is 4.57. The molecule has 0 aliphatic rings. The van der Waals surface area contributed by atoms with E-state index >= 15 is 0 Å². The van der Waals surface area contributed by atoms with Gasteiger partial charge in [-0.15, -0.1) is 11.3 Å². The number of aryl methyl sites for hydroxylation is 1. The molecule has 1 aromatic carbocycles. The molecule has 0 spiro atoms. The number of carbonyl (C=O) groups is 2. The molecule has 0 saturated carbocycles. The summed E-state index contributed by atoms with van der Waals surface area (Å²) in [6, 6.07) is 4.74. The van der Waals surface area contributed by atoms with Crippen LogP contribution in [0.2, 0.25) is 0 Å². The van der Waals surface area contributed by atoms with Gasteiger partial charge in [-0.05, 0) is 50.1 Å². The molecular weight excluding hydrogens is 374 g/mol. The Morgan fingerprint density at radius 1 is 1.30 bits per heavy atom. The zero-order chi connectivity index (χ0) is 20.1. The van der Waals surface area contributed by atoms with Gasteiger partial charge in [-0.1, -0.05) is 6.07 Å². The highest BCUT2D eigenvalue weighted by atomic mass is 32.1. The molecule has 1 aromatic heterocycles. The molecule has 2 rings (SSSR count). The van der Waals surface area contributed by atoms with Gasteiger partial charge in [-0.3, -0.25) is 4.79 Å². The fourth-order valence-corrected chi connectivity index (χ4v) is 3.30. The van der Waals surface area contributed by atoms with Crippen molar-refractivity contribution < 1.29 is 23.1 Å². The number of hydrogen-bond donors (Lipinski definition) is 1. The van der Waals surface area contributed by atoms with E-state index < -0.39 is 23.5 Å². The molecule has 1 N–H and O–H groups in total. The Morgan fingerprint density at radius 2 is 2.00 bits per heavy atom. The van der Waals surface area contributed by atoms with E-state index in [2.05, 4.69) is 5.32 Å². The molecular formula is C19H16F2N2O3S. The van der Waals surface area contributed by atoms with Crippen LogP contribution in [-0.2, 0) is 9.53 Å². The maximum Gasteiger partial charge on any atom is 0.341 e. The molecule has 0 aliphatic carbocycles. The van der Waals surface area contributed by atoms with Crippen molar-refractivity contribution in [1.82, 2.24) is 0 Å². The summed E-state index contributed by atoms with van der Waals surface area (Å²) in [5, 5.41) is 12.0. The predicted molar refractivity (Wildman–Crippen MR) is 98.3 cm³/mol. The summed E-state index contributed by atoms with van der Waals surface area (Å²) in [4.78, 5) is 25.4. The monoisotopic (exact) mass is 390 g/mol. The van der Waals surface area contributed by atoms with Crippen molar-refractivity contribution in [2.45, 2.75) is 20.8 Å². The molecule has 0 saturated heterocycles. The zero-order valence-corrected chi connectivity index (χ0v) is 15.7. The van der Waals surface area contributed by atoms with Crippen molar-refractivity contribution >= 4 is 34.3 Å². The third-order valence-electron chi connectivity index (χ3n) is 3.71. The molecule has 0 aliphatic heterocycles. The SMILES string of the molecule is CCOC(=O)c1c(NC(=O)/C(C#N)=C/c2ccc(F)c(F)c2)sc(C)c1C. The number of carbonyl (C=O) groups excluding carboxylic acids is 2. The lowest BCUT2D eigenvalue weighted by molar-refractivity contribution is -0.112. The number of anilines is 1. The quantitative estimate of drug-likeness (QED) is 0.467. The number of hydrogen-bond acceptors (Lipinski definition) is 5. The van der Waals surface area contributed by atoms with E-state index in [-0.39, 0.29) is 28.3 Å². The molecule has 1 heterocycles. The minimum atomic E-state index is -1.09. The van der Waals surface area contributed by atoms with Crippen molar-refractivity contribution in [3.63, 3.8) is 0 Å². The first kappa shape index (κ1) is 20.3. The number of amides is 1. The summed E-state index contributed by atoms with van der Waals surface area (Å²) in [7, 11) is 0. The Morgan fingerprint density at radius 3 is 2.59 bits per heavy atom. The van der Waals surface area contributed by atoms with Crippen LogP contribution in [0.4, 0.5) is 13.8 Å². The molecule has 0 bridgehead atoms. The smallest absolute Gasteiger partial charge is 0.341 e. The van der Waals surface area contributed by atoms with Crippen molar-refractivity contribution in [3.05, 3.63) is 57.0 Å². The fraction of sp³-hybridized carbons (Fsp3) is 0.211. The number of halogens is 2. The molecule has 0 unspecified atom stereocenters. The van der Waals surface area contributed by atoms with E-state index in [1.807, 2.05) is 0 Å². The van der Waals surface area contributed by atoms with Gasteiger partial charge in [0.25, 0.3) is 5.91 Å². The Balaban J connectivity index is 2.34. The normalized spacial score (nSPS) is 11.0. The summed E-state index contributed by atoms with van der Waals surface area (Å²) in [5.74, 6) is -3.46. The second-order valence-corrected chi connectivity index (χ2v) is 6.73. The lowest BCUT2D eigenvalue weighted by Crippen LogP contribution is -2.16. The van der Waals surface area contributed by atoms with E-state index in [1.165, 1.54) is 17.4 Å². The van der Waals surface area contributed by atoms with E-state index in [0.717, 1.165) is 23.1 Å². The predicted octanol–water partition coefficient (Wildman–Crippen LogP) is 4.37. The zero-order valence-electron chi connectivity index (χ0n) is 14.9. The first-order valence-corrected chi connectivity index (χ1v) is 8.75. The molecule has 2 aromatic rings. The van der Waals surface area contributed by atoms with Gasteiger partial charge in [0.2, 0.25) is 0 Å². The topological polar surface area (TPSA) is 79.2 Å². The van der Waals surface area contributed by atoms with Crippen LogP contribution in [0.5, 0.6) is 0 Å². The van der Waals surface area contributed by atoms with Crippen molar-refractivity contribution in [3.8, 4) is 6.07 Å². The molecule has 0 radical (unpaired) electrons. The molecule has 0 fully saturated rings. The molecule has 140 valence electrons. The van der Waals surface area contributed by atoms with Crippen LogP contribution in [0, 0.1) is 36.8 Å². The lowest BCUT2D eigenvalue weighted by Gasteiger charge is -2.07. The maximum absolute atomic E-state index is 13.3. The summed E-state index contributed by atoms with van der Waals surface area (Å²) in [5.41, 5.74) is 0.749. The summed E-state index contributed by atoms with van der Waals surface area (Å²) in [6.07, 6.45) is 1.13. The Kier molecular flexibility index (Phi) is 6.42. The number of benzene rings is 1. The number of thiophene rings is 1. The minimum Gasteiger partial charge on any atom is -0.462 e. The van der Waals surface area contributed by atoms with Gasteiger partial charge in [0.15, 0.2) is 11.6 Å². The molecule has 1 amide bonds. The highest BCUT2D eigenvalue weighted by molar-refractivity contribution is 7.16. The fourth-order valence-electron chi connectivity index (χ4n) is 2.25. The van der Waals surface area contributed by atoms with Gasteiger partial charge < -0.3 is 10.1 Å². The second kappa shape index (κ2) is 8.56. The van der Waals surface area contributed by atoms with Crippen LogP contribution in [-0.4, -0.2) is 18.5 Å². The number of nitrogens with one attached hydrogen (secondary N) is 1. The van der Waals surface area contributed by atoms with Gasteiger partial charge in [0.05, 0.1) is 12.2 Å². The number of esters is 1. The van der Waals surface area contributed by atoms with Crippen LogP contribution in [0.25, 0.3) is 6.08 Å². The molecule has 8 heteroatoms. The number of ether oxygens (including phenoxy) is 1. The Labute approximate surface area is 158 Å². The molecule has 0 atom stereocenters. The lowest BCUT2D eigenvalue weighted by atomic mass is 10.1. The van der Waals surface area contributed by atoms with Crippen LogP contribution in [0.15, 0.2) is 23.8 Å². The van der Waals surface area contributed by atoms with Crippen LogP contribution >= 0.6 is 11.3 Å². The van der Waals surface area contributed by atoms with Crippen molar-refractivity contribution in [2.75, 3.05) is 11.9 Å². The van der Waals surface area contributed by atoms with Crippen molar-refractivity contribution in [2.24, 2.45) is 0 Å². The first-order chi connectivity index (χ1) is 12.8. The summed E-state index contributed by atoms with van der Waals surface area (Å²) >= 11 is 1.18. The maximum atomic E-state index is 13.3. The Bertz CT molecular complexity index is 974. The minimum absolute atomic E-state index is 0.157. The largest absolute Gasteiger partial charge is 0.462 e. The van der Waals surface area contributed by atoms with Gasteiger partial charge in [0, 0.05) is 4.88 Å². The summed E-state index contributed by atoms with van der Waals surface area (Å²) in [6.45, 7) is 5.37. The van der Waals surface area contributed by atoms with E-state index in [0.29, 0.717) is 5.56 Å². The second-order valence-electron chi connectivity index (χ2n) is 5.51. The number of nitriles is 1. The summed E-state index contributed by atoms with van der Waals surface area (Å²) < 4.78 is 31.3. The van der Waals surface area contributed by atoms with Crippen LogP contribution < -0.4 is 5.32 Å². The number of rotatable bonds is 5. The molecule has 5 nitrogen and oxygen atoms in total. The van der Waals surface area contributed by atoms with Gasteiger partial charge in [-0.25, -0.2) is 13.6 Å². The average Bonchev–Trinajstić information content (AvgIpc) is 2.89. The van der Waals surface area contributed by atoms with E-state index in [4.69, 9.17) is 4.74 Å². The van der Waals surface area contributed by atoms with E-state index in [1.54, 1.807) is 26.8 Å². The van der Waals surface area contributed by atoms with Crippen molar-refractivity contribution in [1.29, 1.82) is 5.26 Å². The Hall–Kier alpha value is -3.05. The first-order valence-electron chi connectivity index (χ1n) is 7.93. The van der Waals surface area contributed by atoms with Gasteiger partial charge in [0.1, 0.15) is 16.6 Å². The van der Waals surface area contributed by atoms with E-state index in [9.17, 15) is 23.6 Å². The third-order valence-corrected chi connectivity index (χ3v) is 4.83. The average molecular weight is 390 g/mol. The molecule has 27 heavy (non-hydrogen) atoms. The van der Waals surface area contributed by atoms with Crippen LogP contribution in [0.3, 0.4) is 0 Å². The van der Waals surface area contributed by atoms with Gasteiger partial charge >= 0.3 is 5.97 Å². The van der Waals surface area contributed by atoms with Gasteiger partial charge in [-0.2, -0.15) is 5.26 Å². The standard InChI is InChI=1S/C19H16F2N2O3S/c1-4-26-19(25)16-10(2)11(3)27-18(16)23-17(24)13(9-22)7-12-5-6-14(20)15(21)8-12/h5-8H,4H2,1-3H3,(H,23,24)/b13-7+. The highest BCUT2D eigenvalue weighted by Gasteiger charge is 2.23. The highest BCUT2D eigenvalue weighted by Crippen LogP contribution is 2.33.